The van der Waals surface area contributed by atoms with E-state index in [1.807, 2.05) is 0 Å². The van der Waals surface area contributed by atoms with E-state index in [-0.39, 0.29) is 5.82 Å². The quantitative estimate of drug-likeness (QED) is 0.776. The molecule has 0 saturated carbocycles. The van der Waals surface area contributed by atoms with Crippen LogP contribution in [0.15, 0.2) is 35.3 Å². The summed E-state index contributed by atoms with van der Waals surface area (Å²) >= 11 is 3.16. The lowest BCUT2D eigenvalue weighted by Gasteiger charge is -2.07. The SMILES string of the molecule is C=C[C@H](N)c1ccc(Br)cc1F. The first-order chi connectivity index (χ1) is 5.65. The van der Waals surface area contributed by atoms with Gasteiger partial charge in [0.05, 0.1) is 6.04 Å². The molecule has 1 nitrogen and oxygen atoms in total. The van der Waals surface area contributed by atoms with Gasteiger partial charge < -0.3 is 5.73 Å². The Morgan fingerprint density at radius 1 is 1.58 bits per heavy atom. The van der Waals surface area contributed by atoms with E-state index in [1.54, 1.807) is 12.1 Å². The summed E-state index contributed by atoms with van der Waals surface area (Å²) in [4.78, 5) is 0. The molecule has 0 radical (unpaired) electrons. The van der Waals surface area contributed by atoms with E-state index in [4.69, 9.17) is 5.73 Å². The molecule has 0 fully saturated rings. The van der Waals surface area contributed by atoms with Crippen molar-refractivity contribution in [2.75, 3.05) is 0 Å². The van der Waals surface area contributed by atoms with Gasteiger partial charge >= 0.3 is 0 Å². The maximum Gasteiger partial charge on any atom is 0.129 e. The summed E-state index contributed by atoms with van der Waals surface area (Å²) in [5, 5.41) is 0. The Morgan fingerprint density at radius 2 is 2.25 bits per heavy atom. The Bertz CT molecular complexity index is 299. The Hall–Kier alpha value is -0.670. The molecule has 0 aliphatic heterocycles. The average Bonchev–Trinajstić information content (AvgIpc) is 2.03. The summed E-state index contributed by atoms with van der Waals surface area (Å²) in [6, 6.07) is 4.35. The zero-order valence-electron chi connectivity index (χ0n) is 6.43. The maximum atomic E-state index is 13.1. The normalized spacial score (nSPS) is 12.6. The Morgan fingerprint density at radius 3 is 2.75 bits per heavy atom. The monoisotopic (exact) mass is 229 g/mol. The molecular weight excluding hydrogens is 221 g/mol. The molecule has 1 aromatic rings. The van der Waals surface area contributed by atoms with Gasteiger partial charge in [-0.25, -0.2) is 4.39 Å². The number of halogens is 2. The lowest BCUT2D eigenvalue weighted by Crippen LogP contribution is -2.08. The Kier molecular flexibility index (Phi) is 3.00. The minimum Gasteiger partial charge on any atom is -0.321 e. The molecule has 2 N–H and O–H groups in total. The molecule has 0 aliphatic carbocycles. The lowest BCUT2D eigenvalue weighted by molar-refractivity contribution is 0.601. The number of benzene rings is 1. The van der Waals surface area contributed by atoms with Crippen molar-refractivity contribution in [3.63, 3.8) is 0 Å². The summed E-state index contributed by atoms with van der Waals surface area (Å²) in [6.45, 7) is 3.50. The molecule has 1 rings (SSSR count). The summed E-state index contributed by atoms with van der Waals surface area (Å²) in [5.41, 5.74) is 6.04. The number of hydrogen-bond donors (Lipinski definition) is 1. The fourth-order valence-corrected chi connectivity index (χ4v) is 1.23. The summed E-state index contributed by atoms with van der Waals surface area (Å²) in [6.07, 6.45) is 1.51. The van der Waals surface area contributed by atoms with Crippen molar-refractivity contribution in [3.05, 3.63) is 46.7 Å². The van der Waals surface area contributed by atoms with Gasteiger partial charge in [0, 0.05) is 10.0 Å². The highest BCUT2D eigenvalue weighted by Crippen LogP contribution is 2.19. The second-order valence-corrected chi connectivity index (χ2v) is 3.34. The molecule has 0 spiro atoms. The van der Waals surface area contributed by atoms with Gasteiger partial charge in [0.2, 0.25) is 0 Å². The molecule has 0 heterocycles. The first-order valence-corrected chi connectivity index (χ1v) is 4.27. The van der Waals surface area contributed by atoms with E-state index < -0.39 is 6.04 Å². The van der Waals surface area contributed by atoms with E-state index in [1.165, 1.54) is 12.1 Å². The molecule has 0 bridgehead atoms. The largest absolute Gasteiger partial charge is 0.321 e. The molecular formula is C9H9BrFN. The van der Waals surface area contributed by atoms with Crippen LogP contribution in [0.5, 0.6) is 0 Å². The third-order valence-corrected chi connectivity index (χ3v) is 2.07. The van der Waals surface area contributed by atoms with Crippen molar-refractivity contribution in [1.29, 1.82) is 0 Å². The van der Waals surface area contributed by atoms with Gasteiger partial charge in [-0.2, -0.15) is 0 Å². The first-order valence-electron chi connectivity index (χ1n) is 3.48. The summed E-state index contributed by atoms with van der Waals surface area (Å²) < 4.78 is 13.8. The van der Waals surface area contributed by atoms with Crippen LogP contribution >= 0.6 is 15.9 Å². The zero-order chi connectivity index (χ0) is 9.14. The Balaban J connectivity index is 3.09. The predicted molar refractivity (Wildman–Crippen MR) is 51.2 cm³/mol. The van der Waals surface area contributed by atoms with Crippen LogP contribution < -0.4 is 5.73 Å². The smallest absolute Gasteiger partial charge is 0.129 e. The number of hydrogen-bond acceptors (Lipinski definition) is 1. The van der Waals surface area contributed by atoms with Crippen molar-refractivity contribution in [2.24, 2.45) is 5.73 Å². The van der Waals surface area contributed by atoms with E-state index in [0.29, 0.717) is 10.0 Å². The van der Waals surface area contributed by atoms with E-state index in [2.05, 4.69) is 22.5 Å². The highest BCUT2D eigenvalue weighted by molar-refractivity contribution is 9.10. The standard InChI is InChI=1S/C9H9BrFN/c1-2-9(12)7-4-3-6(10)5-8(7)11/h2-5,9H,1,12H2/t9-/m0/s1. The second-order valence-electron chi connectivity index (χ2n) is 2.43. The van der Waals surface area contributed by atoms with Gasteiger partial charge in [0.15, 0.2) is 0 Å². The molecule has 0 aliphatic rings. The number of nitrogens with two attached hydrogens (primary N) is 1. The van der Waals surface area contributed by atoms with Crippen molar-refractivity contribution >= 4 is 15.9 Å². The van der Waals surface area contributed by atoms with Crippen LogP contribution in [-0.4, -0.2) is 0 Å². The van der Waals surface area contributed by atoms with Crippen LogP contribution in [0.25, 0.3) is 0 Å². The molecule has 3 heteroatoms. The van der Waals surface area contributed by atoms with Crippen LogP contribution in [0.2, 0.25) is 0 Å². The van der Waals surface area contributed by atoms with Gasteiger partial charge in [-0.3, -0.25) is 0 Å². The minimum absolute atomic E-state index is 0.309. The molecule has 0 unspecified atom stereocenters. The second kappa shape index (κ2) is 3.83. The third kappa shape index (κ3) is 1.93. The molecule has 12 heavy (non-hydrogen) atoms. The van der Waals surface area contributed by atoms with E-state index >= 15 is 0 Å². The van der Waals surface area contributed by atoms with E-state index in [9.17, 15) is 4.39 Å². The molecule has 0 amide bonds. The van der Waals surface area contributed by atoms with Crippen molar-refractivity contribution < 1.29 is 4.39 Å². The number of rotatable bonds is 2. The van der Waals surface area contributed by atoms with Crippen LogP contribution in [0.4, 0.5) is 4.39 Å². The lowest BCUT2D eigenvalue weighted by atomic mass is 10.1. The zero-order valence-corrected chi connectivity index (χ0v) is 8.01. The molecule has 1 aromatic carbocycles. The Labute approximate surface area is 79.2 Å². The molecule has 0 saturated heterocycles. The first kappa shape index (κ1) is 9.42. The van der Waals surface area contributed by atoms with Crippen LogP contribution in [0.1, 0.15) is 11.6 Å². The highest BCUT2D eigenvalue weighted by Gasteiger charge is 2.07. The van der Waals surface area contributed by atoms with Crippen molar-refractivity contribution in [2.45, 2.75) is 6.04 Å². The third-order valence-electron chi connectivity index (χ3n) is 1.58. The topological polar surface area (TPSA) is 26.0 Å². The van der Waals surface area contributed by atoms with Gasteiger partial charge in [-0.05, 0) is 12.1 Å². The fraction of sp³-hybridized carbons (Fsp3) is 0.111. The molecule has 0 aromatic heterocycles. The van der Waals surface area contributed by atoms with Gasteiger partial charge in [-0.1, -0.05) is 28.1 Å². The van der Waals surface area contributed by atoms with Crippen molar-refractivity contribution in [1.82, 2.24) is 0 Å². The fourth-order valence-electron chi connectivity index (χ4n) is 0.899. The summed E-state index contributed by atoms with van der Waals surface area (Å²) in [7, 11) is 0. The predicted octanol–water partition coefficient (Wildman–Crippen LogP) is 2.77. The van der Waals surface area contributed by atoms with Crippen molar-refractivity contribution in [3.8, 4) is 0 Å². The van der Waals surface area contributed by atoms with Crippen LogP contribution in [0, 0.1) is 5.82 Å². The highest BCUT2D eigenvalue weighted by atomic mass is 79.9. The maximum absolute atomic E-state index is 13.1. The van der Waals surface area contributed by atoms with E-state index in [0.717, 1.165) is 0 Å². The average molecular weight is 230 g/mol. The van der Waals surface area contributed by atoms with Gasteiger partial charge in [-0.15, -0.1) is 6.58 Å². The minimum atomic E-state index is -0.432. The molecule has 1 atom stereocenters. The van der Waals surface area contributed by atoms with Gasteiger partial charge in [0.1, 0.15) is 5.82 Å². The molecule has 64 valence electrons. The summed E-state index contributed by atoms with van der Waals surface area (Å²) in [5.74, 6) is -0.309. The van der Waals surface area contributed by atoms with Gasteiger partial charge in [0.25, 0.3) is 0 Å². The van der Waals surface area contributed by atoms with Crippen LogP contribution in [0.3, 0.4) is 0 Å². The van der Waals surface area contributed by atoms with Crippen LogP contribution in [-0.2, 0) is 0 Å².